The lowest BCUT2D eigenvalue weighted by Gasteiger charge is -2.35. The standard InChI is InChI=1S/C14H26Br2OSi/c1-11(2)8-7-9-12(3)13(10-11,14(12,15)16)17-18(4,5)6/h7-10H2,1-6H3/t12-,13-/m0/s1. The molecule has 0 aromatic carbocycles. The predicted molar refractivity (Wildman–Crippen MR) is 88.1 cm³/mol. The monoisotopic (exact) mass is 396 g/mol. The summed E-state index contributed by atoms with van der Waals surface area (Å²) in [6.45, 7) is 14.1. The van der Waals surface area contributed by atoms with Crippen molar-refractivity contribution in [3.63, 3.8) is 0 Å². The average molecular weight is 398 g/mol. The first-order valence-electron chi connectivity index (χ1n) is 6.95. The lowest BCUT2D eigenvalue weighted by Crippen LogP contribution is -2.40. The zero-order valence-electron chi connectivity index (χ0n) is 12.5. The van der Waals surface area contributed by atoms with E-state index >= 15 is 0 Å². The van der Waals surface area contributed by atoms with Crippen molar-refractivity contribution in [1.82, 2.24) is 0 Å². The molecule has 2 aliphatic carbocycles. The van der Waals surface area contributed by atoms with Crippen molar-refractivity contribution in [3.05, 3.63) is 0 Å². The van der Waals surface area contributed by atoms with Crippen LogP contribution >= 0.6 is 31.9 Å². The van der Waals surface area contributed by atoms with Gasteiger partial charge in [0.15, 0.2) is 8.32 Å². The molecule has 0 bridgehead atoms. The van der Waals surface area contributed by atoms with Crippen LogP contribution in [0, 0.1) is 10.8 Å². The highest BCUT2D eigenvalue weighted by Gasteiger charge is 2.85. The summed E-state index contributed by atoms with van der Waals surface area (Å²) in [4.78, 5) is 0. The van der Waals surface area contributed by atoms with Gasteiger partial charge in [0.25, 0.3) is 0 Å². The van der Waals surface area contributed by atoms with E-state index in [1.165, 1.54) is 19.3 Å². The number of hydrogen-bond acceptors (Lipinski definition) is 1. The second-order valence-corrected chi connectivity index (χ2v) is 16.0. The molecule has 0 heterocycles. The third kappa shape index (κ3) is 2.10. The van der Waals surface area contributed by atoms with Crippen LogP contribution in [0.5, 0.6) is 0 Å². The molecule has 0 unspecified atom stereocenters. The summed E-state index contributed by atoms with van der Waals surface area (Å²) in [5.74, 6) is 0. The molecule has 0 aromatic heterocycles. The molecule has 2 fully saturated rings. The maximum atomic E-state index is 6.72. The highest BCUT2D eigenvalue weighted by Crippen LogP contribution is 2.81. The Morgan fingerprint density at radius 2 is 1.56 bits per heavy atom. The van der Waals surface area contributed by atoms with Crippen LogP contribution in [-0.4, -0.2) is 17.2 Å². The van der Waals surface area contributed by atoms with E-state index in [9.17, 15) is 0 Å². The molecule has 2 aliphatic rings. The molecular formula is C14H26Br2OSi. The molecule has 0 spiro atoms. The zero-order chi connectivity index (χ0) is 14.0. The largest absolute Gasteiger partial charge is 0.409 e. The van der Waals surface area contributed by atoms with Crippen LogP contribution in [0.25, 0.3) is 0 Å². The molecule has 2 saturated carbocycles. The van der Waals surface area contributed by atoms with E-state index in [-0.39, 0.29) is 14.2 Å². The van der Waals surface area contributed by atoms with Crippen LogP contribution in [0.1, 0.15) is 46.5 Å². The Balaban J connectivity index is 2.39. The summed E-state index contributed by atoms with van der Waals surface area (Å²) in [6, 6.07) is 0. The van der Waals surface area contributed by atoms with Gasteiger partial charge in [0.2, 0.25) is 0 Å². The molecule has 0 saturated heterocycles. The fourth-order valence-corrected chi connectivity index (χ4v) is 7.76. The van der Waals surface area contributed by atoms with Gasteiger partial charge in [-0.25, -0.2) is 0 Å². The average Bonchev–Trinajstić information content (AvgIpc) is 2.47. The SMILES string of the molecule is CC1(C)CCC[C@]2(C)C(Br)(Br)[C@]2(O[Si](C)(C)C)C1. The lowest BCUT2D eigenvalue weighted by molar-refractivity contribution is 0.0809. The number of hydrogen-bond donors (Lipinski definition) is 0. The predicted octanol–water partition coefficient (Wildman–Crippen LogP) is 5.68. The van der Waals surface area contributed by atoms with Crippen LogP contribution in [0.2, 0.25) is 19.6 Å². The van der Waals surface area contributed by atoms with Crippen molar-refractivity contribution < 1.29 is 4.43 Å². The molecule has 0 radical (unpaired) electrons. The Morgan fingerprint density at radius 3 is 2.06 bits per heavy atom. The summed E-state index contributed by atoms with van der Waals surface area (Å²) < 4.78 is 6.69. The fourth-order valence-electron chi connectivity index (χ4n) is 3.81. The van der Waals surface area contributed by atoms with Gasteiger partial charge in [0.05, 0.1) is 5.60 Å². The molecular weight excluding hydrogens is 372 g/mol. The number of rotatable bonds is 2. The van der Waals surface area contributed by atoms with Gasteiger partial charge in [-0.2, -0.15) is 0 Å². The third-order valence-corrected chi connectivity index (χ3v) is 8.76. The van der Waals surface area contributed by atoms with E-state index in [0.717, 1.165) is 6.42 Å². The van der Waals surface area contributed by atoms with Crippen molar-refractivity contribution in [2.45, 2.75) is 74.9 Å². The van der Waals surface area contributed by atoms with Crippen molar-refractivity contribution in [3.8, 4) is 0 Å². The number of fused-ring (bicyclic) bond motifs is 1. The first kappa shape index (κ1) is 15.5. The van der Waals surface area contributed by atoms with Gasteiger partial charge in [-0.15, -0.1) is 0 Å². The molecule has 0 amide bonds. The van der Waals surface area contributed by atoms with Crippen molar-refractivity contribution in [2.75, 3.05) is 0 Å². The van der Waals surface area contributed by atoms with Crippen molar-refractivity contribution in [1.29, 1.82) is 0 Å². The Morgan fingerprint density at radius 1 is 1.00 bits per heavy atom. The molecule has 0 N–H and O–H groups in total. The maximum absolute atomic E-state index is 6.72. The third-order valence-electron chi connectivity index (χ3n) is 4.77. The highest BCUT2D eigenvalue weighted by atomic mass is 79.9. The minimum Gasteiger partial charge on any atom is -0.409 e. The number of alkyl halides is 2. The van der Waals surface area contributed by atoms with Crippen LogP contribution < -0.4 is 0 Å². The smallest absolute Gasteiger partial charge is 0.184 e. The maximum Gasteiger partial charge on any atom is 0.184 e. The van der Waals surface area contributed by atoms with Crippen LogP contribution in [0.4, 0.5) is 0 Å². The van der Waals surface area contributed by atoms with Crippen molar-refractivity contribution in [2.24, 2.45) is 10.8 Å². The van der Waals surface area contributed by atoms with Crippen LogP contribution in [-0.2, 0) is 4.43 Å². The number of halogens is 2. The van der Waals surface area contributed by atoms with E-state index in [1.54, 1.807) is 0 Å². The Bertz CT molecular complexity index is 361. The molecule has 106 valence electrons. The van der Waals surface area contributed by atoms with Crippen LogP contribution in [0.3, 0.4) is 0 Å². The van der Waals surface area contributed by atoms with E-state index in [1.807, 2.05) is 0 Å². The van der Waals surface area contributed by atoms with E-state index in [2.05, 4.69) is 72.3 Å². The van der Waals surface area contributed by atoms with Crippen molar-refractivity contribution >= 4 is 40.2 Å². The molecule has 2 rings (SSSR count). The highest BCUT2D eigenvalue weighted by molar-refractivity contribution is 9.25. The van der Waals surface area contributed by atoms with Gasteiger partial charge in [-0.1, -0.05) is 59.1 Å². The zero-order valence-corrected chi connectivity index (χ0v) is 16.7. The Labute approximate surface area is 130 Å². The van der Waals surface area contributed by atoms with E-state index in [0.29, 0.717) is 5.41 Å². The van der Waals surface area contributed by atoms with Gasteiger partial charge < -0.3 is 4.43 Å². The molecule has 4 heteroatoms. The van der Waals surface area contributed by atoms with Gasteiger partial charge in [-0.05, 0) is 44.3 Å². The van der Waals surface area contributed by atoms with Gasteiger partial charge in [0, 0.05) is 5.41 Å². The second-order valence-electron chi connectivity index (χ2n) is 8.14. The van der Waals surface area contributed by atoms with Gasteiger partial charge >= 0.3 is 0 Å². The van der Waals surface area contributed by atoms with Gasteiger partial charge in [0.1, 0.15) is 3.23 Å². The lowest BCUT2D eigenvalue weighted by atomic mass is 9.82. The summed E-state index contributed by atoms with van der Waals surface area (Å²) in [5.41, 5.74) is 0.583. The summed E-state index contributed by atoms with van der Waals surface area (Å²) in [6.07, 6.45) is 5.02. The van der Waals surface area contributed by atoms with E-state index < -0.39 is 8.32 Å². The molecule has 0 aliphatic heterocycles. The van der Waals surface area contributed by atoms with Crippen LogP contribution in [0.15, 0.2) is 0 Å². The quantitative estimate of drug-likeness (QED) is 0.430. The minimum atomic E-state index is -1.56. The second kappa shape index (κ2) is 4.08. The summed E-state index contributed by atoms with van der Waals surface area (Å²) in [5, 5.41) is 0. The Hall–Kier alpha value is 1.14. The molecule has 2 atom stereocenters. The minimum absolute atomic E-state index is 0.0233. The molecule has 1 nitrogen and oxygen atoms in total. The molecule has 0 aromatic rings. The van der Waals surface area contributed by atoms with Gasteiger partial charge in [-0.3, -0.25) is 0 Å². The first-order valence-corrected chi connectivity index (χ1v) is 11.9. The summed E-state index contributed by atoms with van der Waals surface area (Å²) in [7, 11) is -1.56. The topological polar surface area (TPSA) is 9.23 Å². The Kier molecular flexibility index (Phi) is 3.52. The normalized spacial score (nSPS) is 42.0. The summed E-state index contributed by atoms with van der Waals surface area (Å²) >= 11 is 7.89. The first-order chi connectivity index (χ1) is 7.87. The molecule has 18 heavy (non-hydrogen) atoms. The van der Waals surface area contributed by atoms with E-state index in [4.69, 9.17) is 4.43 Å². The fraction of sp³-hybridized carbons (Fsp3) is 1.00.